The highest BCUT2D eigenvalue weighted by Gasteiger charge is 2.29. The third-order valence-electron chi connectivity index (χ3n) is 4.21. The second-order valence-corrected chi connectivity index (χ2v) is 5.98. The standard InChI is InChI=1S/C20H21N3O4/c1-12(24)21-20(27-3)18-19(25)22-16-7-5-4-6-15(16)17(23-18)13-8-10-14(26-2)11-9-13/h4-11,17,23H,1-3H3,(H,21,24)(H,22,25)/b20-18+/t17-/m0/s1. The molecule has 1 aliphatic rings. The largest absolute Gasteiger partial charge is 0.497 e. The monoisotopic (exact) mass is 367 g/mol. The maximum absolute atomic E-state index is 12.8. The van der Waals surface area contributed by atoms with Gasteiger partial charge in [-0.25, -0.2) is 0 Å². The lowest BCUT2D eigenvalue weighted by atomic mass is 9.97. The van der Waals surface area contributed by atoms with E-state index in [-0.39, 0.29) is 23.5 Å². The summed E-state index contributed by atoms with van der Waals surface area (Å²) in [6.45, 7) is 1.35. The highest BCUT2D eigenvalue weighted by atomic mass is 16.5. The second kappa shape index (κ2) is 7.82. The fraction of sp³-hybridized carbons (Fsp3) is 0.200. The number of nitrogens with one attached hydrogen (secondary N) is 3. The Morgan fingerprint density at radius 2 is 1.78 bits per heavy atom. The Labute approximate surface area is 157 Å². The molecule has 2 amide bonds. The second-order valence-electron chi connectivity index (χ2n) is 5.98. The molecule has 3 rings (SSSR count). The SMILES string of the molecule is CO/C(NC(C)=O)=C1/N[C@@H](c2ccc(OC)cc2)c2ccccc2NC1=O. The van der Waals surface area contributed by atoms with E-state index in [9.17, 15) is 9.59 Å². The van der Waals surface area contributed by atoms with Gasteiger partial charge in [-0.1, -0.05) is 30.3 Å². The van der Waals surface area contributed by atoms with Gasteiger partial charge in [0.1, 0.15) is 5.75 Å². The van der Waals surface area contributed by atoms with Crippen LogP contribution in [0.5, 0.6) is 5.75 Å². The van der Waals surface area contributed by atoms with E-state index in [1.807, 2.05) is 48.5 Å². The number of fused-ring (bicyclic) bond motifs is 1. The third-order valence-corrected chi connectivity index (χ3v) is 4.21. The van der Waals surface area contributed by atoms with Gasteiger partial charge in [0.25, 0.3) is 5.91 Å². The van der Waals surface area contributed by atoms with Crippen LogP contribution in [0.25, 0.3) is 0 Å². The number of methoxy groups -OCH3 is 2. The van der Waals surface area contributed by atoms with Crippen molar-refractivity contribution in [2.45, 2.75) is 13.0 Å². The number of carbonyl (C=O) groups is 2. The first-order valence-corrected chi connectivity index (χ1v) is 8.40. The molecular formula is C20H21N3O4. The predicted octanol–water partition coefficient (Wildman–Crippen LogP) is 2.28. The average molecular weight is 367 g/mol. The van der Waals surface area contributed by atoms with Crippen LogP contribution in [0.4, 0.5) is 5.69 Å². The molecule has 0 bridgehead atoms. The van der Waals surface area contributed by atoms with E-state index in [1.165, 1.54) is 14.0 Å². The van der Waals surface area contributed by atoms with Crippen molar-refractivity contribution in [1.82, 2.24) is 10.6 Å². The smallest absolute Gasteiger partial charge is 0.277 e. The summed E-state index contributed by atoms with van der Waals surface area (Å²) in [7, 11) is 3.00. The normalized spacial score (nSPS) is 17.6. The fourth-order valence-corrected chi connectivity index (χ4v) is 2.94. The first-order valence-electron chi connectivity index (χ1n) is 8.40. The summed E-state index contributed by atoms with van der Waals surface area (Å²) in [4.78, 5) is 24.2. The van der Waals surface area contributed by atoms with E-state index in [2.05, 4.69) is 16.0 Å². The Morgan fingerprint density at radius 1 is 1.07 bits per heavy atom. The van der Waals surface area contributed by atoms with Gasteiger partial charge in [0.15, 0.2) is 5.70 Å². The van der Waals surface area contributed by atoms with Crippen molar-refractivity contribution >= 4 is 17.5 Å². The molecule has 7 heteroatoms. The molecule has 2 aromatic carbocycles. The maximum atomic E-state index is 12.8. The van der Waals surface area contributed by atoms with E-state index < -0.39 is 5.91 Å². The molecule has 140 valence electrons. The summed E-state index contributed by atoms with van der Waals surface area (Å²) in [5.41, 5.74) is 2.65. The molecule has 2 aromatic rings. The fourth-order valence-electron chi connectivity index (χ4n) is 2.94. The van der Waals surface area contributed by atoms with Crippen LogP contribution in [0.15, 0.2) is 60.1 Å². The number of hydrogen-bond acceptors (Lipinski definition) is 5. The molecule has 0 spiro atoms. The lowest BCUT2D eigenvalue weighted by Gasteiger charge is -2.21. The molecule has 0 saturated carbocycles. The minimum Gasteiger partial charge on any atom is -0.497 e. The Hall–Kier alpha value is -3.48. The zero-order valence-electron chi connectivity index (χ0n) is 15.3. The number of carbonyl (C=O) groups excluding carboxylic acids is 2. The quantitative estimate of drug-likeness (QED) is 0.570. The lowest BCUT2D eigenvalue weighted by molar-refractivity contribution is -0.119. The molecule has 0 saturated heterocycles. The molecule has 3 N–H and O–H groups in total. The summed E-state index contributed by atoms with van der Waals surface area (Å²) in [5, 5.41) is 8.64. The Morgan fingerprint density at radius 3 is 2.41 bits per heavy atom. The van der Waals surface area contributed by atoms with Gasteiger partial charge in [-0.15, -0.1) is 0 Å². The van der Waals surface area contributed by atoms with Crippen LogP contribution in [0.3, 0.4) is 0 Å². The molecule has 0 aromatic heterocycles. The van der Waals surface area contributed by atoms with Gasteiger partial charge in [0.2, 0.25) is 11.8 Å². The van der Waals surface area contributed by atoms with E-state index in [0.29, 0.717) is 5.69 Å². The summed E-state index contributed by atoms with van der Waals surface area (Å²) in [6.07, 6.45) is 0. The minimum atomic E-state index is -0.399. The topological polar surface area (TPSA) is 88.7 Å². The number of benzene rings is 2. The van der Waals surface area contributed by atoms with Crippen LogP contribution in [0.2, 0.25) is 0 Å². The molecule has 0 radical (unpaired) electrons. The van der Waals surface area contributed by atoms with Crippen molar-refractivity contribution in [1.29, 1.82) is 0 Å². The number of ether oxygens (including phenoxy) is 2. The van der Waals surface area contributed by atoms with Crippen LogP contribution >= 0.6 is 0 Å². The number of para-hydroxylation sites is 1. The van der Waals surface area contributed by atoms with Crippen molar-refractivity contribution < 1.29 is 19.1 Å². The third kappa shape index (κ3) is 3.87. The molecule has 1 atom stereocenters. The zero-order valence-corrected chi connectivity index (χ0v) is 15.3. The van der Waals surface area contributed by atoms with Gasteiger partial charge in [0, 0.05) is 18.2 Å². The minimum absolute atomic E-state index is 0.0614. The molecular weight excluding hydrogens is 346 g/mol. The van der Waals surface area contributed by atoms with Gasteiger partial charge in [0.05, 0.1) is 20.3 Å². The van der Waals surface area contributed by atoms with Crippen molar-refractivity contribution in [2.24, 2.45) is 0 Å². The summed E-state index contributed by atoms with van der Waals surface area (Å²) in [5.74, 6) is 0.0635. The van der Waals surface area contributed by atoms with Crippen molar-refractivity contribution in [3.63, 3.8) is 0 Å². The highest BCUT2D eigenvalue weighted by molar-refractivity contribution is 6.05. The Bertz CT molecular complexity index is 890. The number of amides is 2. The van der Waals surface area contributed by atoms with Crippen LogP contribution < -0.4 is 20.7 Å². The number of hydrogen-bond donors (Lipinski definition) is 3. The number of anilines is 1. The van der Waals surface area contributed by atoms with Crippen LogP contribution in [-0.2, 0) is 14.3 Å². The first-order chi connectivity index (χ1) is 13.0. The van der Waals surface area contributed by atoms with Crippen LogP contribution in [-0.4, -0.2) is 26.0 Å². The van der Waals surface area contributed by atoms with Gasteiger partial charge in [-0.2, -0.15) is 0 Å². The average Bonchev–Trinajstić information content (AvgIpc) is 2.82. The molecule has 27 heavy (non-hydrogen) atoms. The molecule has 1 heterocycles. The van der Waals surface area contributed by atoms with Gasteiger partial charge < -0.3 is 20.1 Å². The lowest BCUT2D eigenvalue weighted by Crippen LogP contribution is -2.33. The van der Waals surface area contributed by atoms with Crippen LogP contribution in [0, 0.1) is 0 Å². The predicted molar refractivity (Wildman–Crippen MR) is 101 cm³/mol. The van der Waals surface area contributed by atoms with Crippen molar-refractivity contribution in [3.05, 3.63) is 71.2 Å². The van der Waals surface area contributed by atoms with Gasteiger partial charge >= 0.3 is 0 Å². The molecule has 7 nitrogen and oxygen atoms in total. The van der Waals surface area contributed by atoms with E-state index >= 15 is 0 Å². The zero-order chi connectivity index (χ0) is 19.4. The van der Waals surface area contributed by atoms with Crippen LogP contribution in [0.1, 0.15) is 24.1 Å². The summed E-state index contributed by atoms with van der Waals surface area (Å²) >= 11 is 0. The van der Waals surface area contributed by atoms with E-state index in [4.69, 9.17) is 9.47 Å². The van der Waals surface area contributed by atoms with Gasteiger partial charge in [-0.05, 0) is 23.8 Å². The van der Waals surface area contributed by atoms with Crippen molar-refractivity contribution in [2.75, 3.05) is 19.5 Å². The van der Waals surface area contributed by atoms with E-state index in [0.717, 1.165) is 16.9 Å². The van der Waals surface area contributed by atoms with Crippen molar-refractivity contribution in [3.8, 4) is 5.75 Å². The summed E-state index contributed by atoms with van der Waals surface area (Å²) < 4.78 is 10.5. The first kappa shape index (κ1) is 18.3. The summed E-state index contributed by atoms with van der Waals surface area (Å²) in [6, 6.07) is 14.7. The van der Waals surface area contributed by atoms with E-state index in [1.54, 1.807) is 7.11 Å². The molecule has 1 aliphatic heterocycles. The molecule has 0 fully saturated rings. The Balaban J connectivity index is 2.11. The van der Waals surface area contributed by atoms with Gasteiger partial charge in [-0.3, -0.25) is 14.9 Å². The highest BCUT2D eigenvalue weighted by Crippen LogP contribution is 2.33. The number of rotatable bonds is 4. The molecule has 0 aliphatic carbocycles. The Kier molecular flexibility index (Phi) is 5.30. The molecule has 0 unspecified atom stereocenters. The maximum Gasteiger partial charge on any atom is 0.277 e.